The molecule has 1 aromatic heterocycles. The fraction of sp³-hybridized carbons (Fsp3) is 0.769. The minimum absolute atomic E-state index is 0.249. The minimum atomic E-state index is -0.319. The monoisotopic (exact) mass is 253 g/mol. The first-order chi connectivity index (χ1) is 8.53. The van der Waals surface area contributed by atoms with E-state index in [-0.39, 0.29) is 11.7 Å². The summed E-state index contributed by atoms with van der Waals surface area (Å²) in [6.45, 7) is 7.19. The zero-order chi connectivity index (χ0) is 13.2. The van der Waals surface area contributed by atoms with Crippen LogP contribution in [0.15, 0.2) is 12.4 Å². The van der Waals surface area contributed by atoms with Crippen LogP contribution in [0.2, 0.25) is 0 Å². The van der Waals surface area contributed by atoms with Gasteiger partial charge < -0.3 is 9.84 Å². The lowest BCUT2D eigenvalue weighted by Gasteiger charge is -2.40. The fourth-order valence-electron chi connectivity index (χ4n) is 2.40. The second kappa shape index (κ2) is 5.38. The van der Waals surface area contributed by atoms with Gasteiger partial charge in [0, 0.05) is 38.4 Å². The summed E-state index contributed by atoms with van der Waals surface area (Å²) in [5, 5.41) is 14.0. The van der Waals surface area contributed by atoms with Gasteiger partial charge in [-0.05, 0) is 13.3 Å². The molecule has 0 radical (unpaired) electrons. The standard InChI is InChI=1S/C13H23N3O2/c1-4-12(17)9-16-5-6-18-13(2,10-16)11-7-14-15(3)8-11/h7-8,12,17H,4-6,9-10H2,1-3H3/t12-,13?/m1/s1. The Kier molecular flexibility index (Phi) is 4.04. The van der Waals surface area contributed by atoms with E-state index in [0.29, 0.717) is 6.61 Å². The van der Waals surface area contributed by atoms with Crippen molar-refractivity contribution in [2.45, 2.75) is 32.0 Å². The lowest BCUT2D eigenvalue weighted by Crippen LogP contribution is -2.50. The zero-order valence-electron chi connectivity index (χ0n) is 11.5. The van der Waals surface area contributed by atoms with E-state index in [4.69, 9.17) is 4.74 Å². The highest BCUT2D eigenvalue weighted by atomic mass is 16.5. The Labute approximate surface area is 108 Å². The summed E-state index contributed by atoms with van der Waals surface area (Å²) in [5.41, 5.74) is 0.778. The van der Waals surface area contributed by atoms with Crippen LogP contribution in [0.1, 0.15) is 25.8 Å². The first-order valence-electron chi connectivity index (χ1n) is 6.57. The number of hydrogen-bond acceptors (Lipinski definition) is 4. The van der Waals surface area contributed by atoms with E-state index >= 15 is 0 Å². The molecule has 1 aromatic rings. The van der Waals surface area contributed by atoms with Crippen LogP contribution in [-0.4, -0.2) is 52.1 Å². The molecule has 0 saturated carbocycles. The second-order valence-corrected chi connectivity index (χ2v) is 5.28. The lowest BCUT2D eigenvalue weighted by molar-refractivity contribution is -0.109. The molecule has 1 aliphatic rings. The van der Waals surface area contributed by atoms with E-state index in [1.165, 1.54) is 0 Å². The van der Waals surface area contributed by atoms with Crippen molar-refractivity contribution in [2.75, 3.05) is 26.2 Å². The number of β-amino-alcohol motifs (C(OH)–C–C–N with tert-alkyl or cyclic N) is 1. The van der Waals surface area contributed by atoms with Crippen molar-refractivity contribution in [2.24, 2.45) is 7.05 Å². The largest absolute Gasteiger partial charge is 0.392 e. The fourth-order valence-corrected chi connectivity index (χ4v) is 2.40. The predicted molar refractivity (Wildman–Crippen MR) is 69.2 cm³/mol. The van der Waals surface area contributed by atoms with E-state index in [1.807, 2.05) is 26.4 Å². The van der Waals surface area contributed by atoms with Crippen LogP contribution < -0.4 is 0 Å². The van der Waals surface area contributed by atoms with E-state index in [9.17, 15) is 5.11 Å². The van der Waals surface area contributed by atoms with Crippen LogP contribution in [0.5, 0.6) is 0 Å². The Morgan fingerprint density at radius 1 is 1.61 bits per heavy atom. The highest BCUT2D eigenvalue weighted by Crippen LogP contribution is 2.29. The van der Waals surface area contributed by atoms with Crippen molar-refractivity contribution < 1.29 is 9.84 Å². The van der Waals surface area contributed by atoms with Gasteiger partial charge in [0.25, 0.3) is 0 Å². The molecule has 0 aliphatic carbocycles. The molecule has 102 valence electrons. The molecule has 0 aromatic carbocycles. The van der Waals surface area contributed by atoms with Gasteiger partial charge in [-0.2, -0.15) is 5.10 Å². The molecule has 2 rings (SSSR count). The van der Waals surface area contributed by atoms with Gasteiger partial charge in [-0.3, -0.25) is 9.58 Å². The number of nitrogens with zero attached hydrogens (tertiary/aromatic N) is 3. The van der Waals surface area contributed by atoms with Crippen LogP contribution in [0.3, 0.4) is 0 Å². The summed E-state index contributed by atoms with van der Waals surface area (Å²) in [4.78, 5) is 2.27. The average Bonchev–Trinajstić information content (AvgIpc) is 2.76. The van der Waals surface area contributed by atoms with E-state index in [2.05, 4.69) is 16.9 Å². The maximum absolute atomic E-state index is 9.76. The molecule has 2 heterocycles. The summed E-state index contributed by atoms with van der Waals surface area (Å²) >= 11 is 0. The van der Waals surface area contributed by atoms with Gasteiger partial charge in [-0.15, -0.1) is 0 Å². The van der Waals surface area contributed by atoms with Crippen molar-refractivity contribution >= 4 is 0 Å². The maximum atomic E-state index is 9.76. The summed E-state index contributed by atoms with van der Waals surface area (Å²) in [5.74, 6) is 0. The average molecular weight is 253 g/mol. The molecule has 1 saturated heterocycles. The number of aliphatic hydroxyl groups excluding tert-OH is 1. The Balaban J connectivity index is 2.05. The van der Waals surface area contributed by atoms with Gasteiger partial charge in [-0.1, -0.05) is 6.92 Å². The normalized spacial score (nSPS) is 27.3. The lowest BCUT2D eigenvalue weighted by atomic mass is 9.96. The summed E-state index contributed by atoms with van der Waals surface area (Å²) in [6.07, 6.45) is 4.40. The molecular formula is C13H23N3O2. The molecule has 0 amide bonds. The van der Waals surface area contributed by atoms with Crippen LogP contribution in [0.25, 0.3) is 0 Å². The van der Waals surface area contributed by atoms with Crippen LogP contribution in [0.4, 0.5) is 0 Å². The number of aliphatic hydroxyl groups is 1. The maximum Gasteiger partial charge on any atom is 0.106 e. The molecule has 5 nitrogen and oxygen atoms in total. The number of morpholine rings is 1. The highest BCUT2D eigenvalue weighted by molar-refractivity contribution is 5.16. The number of aryl methyl sites for hydroxylation is 1. The van der Waals surface area contributed by atoms with Crippen molar-refractivity contribution in [1.29, 1.82) is 0 Å². The molecule has 1 N–H and O–H groups in total. The Bertz CT molecular complexity index is 393. The number of hydrogen-bond donors (Lipinski definition) is 1. The summed E-state index contributed by atoms with van der Waals surface area (Å²) in [6, 6.07) is 0. The minimum Gasteiger partial charge on any atom is -0.392 e. The van der Waals surface area contributed by atoms with Crippen molar-refractivity contribution in [1.82, 2.24) is 14.7 Å². The molecule has 2 atom stereocenters. The van der Waals surface area contributed by atoms with Gasteiger partial charge in [0.05, 0.1) is 18.9 Å². The predicted octanol–water partition coefficient (Wildman–Crippen LogP) is 0.738. The molecule has 1 aliphatic heterocycles. The zero-order valence-corrected chi connectivity index (χ0v) is 11.5. The van der Waals surface area contributed by atoms with Crippen molar-refractivity contribution in [3.8, 4) is 0 Å². The quantitative estimate of drug-likeness (QED) is 0.860. The van der Waals surface area contributed by atoms with Gasteiger partial charge in [0.1, 0.15) is 5.60 Å². The number of ether oxygens (including phenoxy) is 1. The third-order valence-electron chi connectivity index (χ3n) is 3.61. The van der Waals surface area contributed by atoms with E-state index < -0.39 is 0 Å². The highest BCUT2D eigenvalue weighted by Gasteiger charge is 2.35. The van der Waals surface area contributed by atoms with Crippen LogP contribution in [0, 0.1) is 0 Å². The Morgan fingerprint density at radius 2 is 2.39 bits per heavy atom. The molecule has 1 unspecified atom stereocenters. The molecular weight excluding hydrogens is 230 g/mol. The van der Waals surface area contributed by atoms with Crippen LogP contribution in [-0.2, 0) is 17.4 Å². The number of rotatable bonds is 4. The van der Waals surface area contributed by atoms with Crippen molar-refractivity contribution in [3.05, 3.63) is 18.0 Å². The van der Waals surface area contributed by atoms with Crippen LogP contribution >= 0.6 is 0 Å². The first kappa shape index (κ1) is 13.5. The first-order valence-corrected chi connectivity index (χ1v) is 6.57. The molecule has 0 bridgehead atoms. The molecule has 5 heteroatoms. The van der Waals surface area contributed by atoms with Gasteiger partial charge in [0.2, 0.25) is 0 Å². The summed E-state index contributed by atoms with van der Waals surface area (Å²) in [7, 11) is 1.91. The smallest absolute Gasteiger partial charge is 0.106 e. The van der Waals surface area contributed by atoms with E-state index in [1.54, 1.807) is 4.68 Å². The third kappa shape index (κ3) is 2.91. The van der Waals surface area contributed by atoms with Crippen molar-refractivity contribution in [3.63, 3.8) is 0 Å². The van der Waals surface area contributed by atoms with Gasteiger partial charge >= 0.3 is 0 Å². The second-order valence-electron chi connectivity index (χ2n) is 5.28. The summed E-state index contributed by atoms with van der Waals surface area (Å²) < 4.78 is 7.73. The molecule has 1 fully saturated rings. The topological polar surface area (TPSA) is 50.5 Å². The Morgan fingerprint density at radius 3 is 3.00 bits per heavy atom. The van der Waals surface area contributed by atoms with E-state index in [0.717, 1.165) is 31.6 Å². The number of aromatic nitrogens is 2. The third-order valence-corrected chi connectivity index (χ3v) is 3.61. The van der Waals surface area contributed by atoms with Gasteiger partial charge in [0.15, 0.2) is 0 Å². The molecule has 0 spiro atoms. The Hall–Kier alpha value is -0.910. The molecule has 18 heavy (non-hydrogen) atoms. The van der Waals surface area contributed by atoms with Gasteiger partial charge in [-0.25, -0.2) is 0 Å². The SMILES string of the molecule is CC[C@@H](O)CN1CCOC(C)(c2cnn(C)c2)C1.